The molecule has 0 aromatic heterocycles. The Hall–Kier alpha value is -1.46. The summed E-state index contributed by atoms with van der Waals surface area (Å²) in [6.45, 7) is 7.57. The number of carbonyl (C=O) groups excluding carboxylic acids is 1. The van der Waals surface area contributed by atoms with Gasteiger partial charge in [0.05, 0.1) is 11.4 Å². The van der Waals surface area contributed by atoms with Crippen LogP contribution in [0.5, 0.6) is 11.5 Å². The fourth-order valence-electron chi connectivity index (χ4n) is 2.92. The maximum absolute atomic E-state index is 12.4. The highest BCUT2D eigenvalue weighted by Gasteiger charge is 2.26. The van der Waals surface area contributed by atoms with Crippen LogP contribution >= 0.6 is 11.6 Å². The van der Waals surface area contributed by atoms with Gasteiger partial charge in [0, 0.05) is 12.1 Å². The van der Waals surface area contributed by atoms with E-state index in [0.717, 1.165) is 12.0 Å². The molecular formula is C17H25ClN2O3. The van der Waals surface area contributed by atoms with Crippen LogP contribution in [0.15, 0.2) is 12.1 Å². The fraction of sp³-hybridized carbons (Fsp3) is 0.588. The molecule has 0 saturated carbocycles. The van der Waals surface area contributed by atoms with E-state index in [2.05, 4.69) is 19.2 Å². The summed E-state index contributed by atoms with van der Waals surface area (Å²) < 4.78 is 11.0. The number of hydrogen-bond donors (Lipinski definition) is 2. The van der Waals surface area contributed by atoms with Crippen LogP contribution in [-0.4, -0.2) is 31.2 Å². The molecule has 0 bridgehead atoms. The average molecular weight is 341 g/mol. The van der Waals surface area contributed by atoms with Crippen LogP contribution < -0.4 is 20.5 Å². The highest BCUT2D eigenvalue weighted by atomic mass is 35.5. The minimum absolute atomic E-state index is 0.0775. The van der Waals surface area contributed by atoms with Crippen molar-refractivity contribution >= 4 is 17.5 Å². The number of nitrogens with one attached hydrogen (secondary N) is 1. The minimum atomic E-state index is -0.400. The number of rotatable bonds is 6. The molecule has 1 atom stereocenters. The predicted molar refractivity (Wildman–Crippen MR) is 91.2 cm³/mol. The molecule has 1 aromatic rings. The van der Waals surface area contributed by atoms with Gasteiger partial charge in [-0.25, -0.2) is 0 Å². The standard InChI is InChI=1S/C17H25ClN2O3/c1-11(2)9-17(3,10-19)20-15(21)8-12-6-13(18)16-14(7-12)22-4-5-23-16/h6-7,11H,4-5,8-10,19H2,1-3H3,(H,20,21). The van der Waals surface area contributed by atoms with Crippen LogP contribution in [0.25, 0.3) is 0 Å². The lowest BCUT2D eigenvalue weighted by Crippen LogP contribution is -2.52. The first kappa shape index (κ1) is 17.9. The Labute approximate surface area is 142 Å². The van der Waals surface area contributed by atoms with Crippen molar-refractivity contribution in [2.24, 2.45) is 11.7 Å². The maximum Gasteiger partial charge on any atom is 0.224 e. The van der Waals surface area contributed by atoms with Gasteiger partial charge in [-0.1, -0.05) is 25.4 Å². The summed E-state index contributed by atoms with van der Waals surface area (Å²) in [5, 5.41) is 3.51. The van der Waals surface area contributed by atoms with Gasteiger partial charge in [0.15, 0.2) is 11.5 Å². The molecule has 1 aromatic carbocycles. The van der Waals surface area contributed by atoms with Crippen LogP contribution in [-0.2, 0) is 11.2 Å². The molecule has 0 aliphatic carbocycles. The second-order valence-corrected chi connectivity index (χ2v) is 7.10. The molecule has 0 radical (unpaired) electrons. The van der Waals surface area contributed by atoms with E-state index in [1.807, 2.05) is 13.0 Å². The van der Waals surface area contributed by atoms with Crippen LogP contribution in [0, 0.1) is 5.92 Å². The number of nitrogens with two attached hydrogens (primary N) is 1. The molecule has 2 rings (SSSR count). The molecule has 3 N–H and O–H groups in total. The molecule has 0 fully saturated rings. The number of carbonyl (C=O) groups is 1. The van der Waals surface area contributed by atoms with Crippen molar-refractivity contribution in [2.75, 3.05) is 19.8 Å². The summed E-state index contributed by atoms with van der Waals surface area (Å²) in [4.78, 5) is 12.4. The van der Waals surface area contributed by atoms with E-state index in [4.69, 9.17) is 26.8 Å². The van der Waals surface area contributed by atoms with Crippen molar-refractivity contribution in [3.8, 4) is 11.5 Å². The molecule has 1 aliphatic rings. The van der Waals surface area contributed by atoms with Gasteiger partial charge in [0.1, 0.15) is 13.2 Å². The van der Waals surface area contributed by atoms with Crippen molar-refractivity contribution in [1.82, 2.24) is 5.32 Å². The van der Waals surface area contributed by atoms with Crippen molar-refractivity contribution in [1.29, 1.82) is 0 Å². The second kappa shape index (κ2) is 7.41. The fourth-order valence-corrected chi connectivity index (χ4v) is 3.21. The summed E-state index contributed by atoms with van der Waals surface area (Å²) in [5.74, 6) is 1.52. The topological polar surface area (TPSA) is 73.6 Å². The Kier molecular flexibility index (Phi) is 5.76. The normalized spacial score (nSPS) is 16.1. The second-order valence-electron chi connectivity index (χ2n) is 6.69. The van der Waals surface area contributed by atoms with E-state index in [-0.39, 0.29) is 12.3 Å². The number of hydrogen-bond acceptors (Lipinski definition) is 4. The number of ether oxygens (including phenoxy) is 2. The highest BCUT2D eigenvalue weighted by Crippen LogP contribution is 2.38. The molecule has 128 valence electrons. The van der Waals surface area contributed by atoms with Crippen molar-refractivity contribution < 1.29 is 14.3 Å². The molecule has 23 heavy (non-hydrogen) atoms. The van der Waals surface area contributed by atoms with E-state index in [1.54, 1.807) is 6.07 Å². The number of benzene rings is 1. The summed E-state index contributed by atoms with van der Waals surface area (Å²) in [6, 6.07) is 3.55. The van der Waals surface area contributed by atoms with Gasteiger partial charge >= 0.3 is 0 Å². The third-order valence-electron chi connectivity index (χ3n) is 3.77. The first-order chi connectivity index (χ1) is 10.8. The first-order valence-corrected chi connectivity index (χ1v) is 8.30. The molecule has 0 spiro atoms. The minimum Gasteiger partial charge on any atom is -0.486 e. The van der Waals surface area contributed by atoms with Gasteiger partial charge in [-0.05, 0) is 37.0 Å². The third-order valence-corrected chi connectivity index (χ3v) is 4.05. The Morgan fingerprint density at radius 2 is 2.09 bits per heavy atom. The Morgan fingerprint density at radius 3 is 2.74 bits per heavy atom. The van der Waals surface area contributed by atoms with Crippen LogP contribution in [0.2, 0.25) is 5.02 Å². The van der Waals surface area contributed by atoms with Gasteiger partial charge in [-0.3, -0.25) is 4.79 Å². The van der Waals surface area contributed by atoms with E-state index >= 15 is 0 Å². The predicted octanol–water partition coefficient (Wildman–Crippen LogP) is 2.53. The zero-order chi connectivity index (χ0) is 17.0. The van der Waals surface area contributed by atoms with E-state index in [1.165, 1.54) is 0 Å². The van der Waals surface area contributed by atoms with Crippen molar-refractivity contribution in [3.63, 3.8) is 0 Å². The van der Waals surface area contributed by atoms with E-state index < -0.39 is 5.54 Å². The molecular weight excluding hydrogens is 316 g/mol. The number of fused-ring (bicyclic) bond motifs is 1. The maximum atomic E-state index is 12.4. The van der Waals surface area contributed by atoms with Crippen LogP contribution in [0.4, 0.5) is 0 Å². The molecule has 1 heterocycles. The SMILES string of the molecule is CC(C)CC(C)(CN)NC(=O)Cc1cc(Cl)c2c(c1)OCCO2. The monoisotopic (exact) mass is 340 g/mol. The van der Waals surface area contributed by atoms with Crippen LogP contribution in [0.3, 0.4) is 0 Å². The first-order valence-electron chi connectivity index (χ1n) is 7.92. The van der Waals surface area contributed by atoms with E-state index in [9.17, 15) is 4.79 Å². The van der Waals surface area contributed by atoms with Crippen molar-refractivity contribution in [3.05, 3.63) is 22.7 Å². The van der Waals surface area contributed by atoms with Gasteiger partial charge in [0.25, 0.3) is 0 Å². The molecule has 5 nitrogen and oxygen atoms in total. The largest absolute Gasteiger partial charge is 0.486 e. The lowest BCUT2D eigenvalue weighted by Gasteiger charge is -2.31. The zero-order valence-electron chi connectivity index (χ0n) is 13.9. The molecule has 1 unspecified atom stereocenters. The summed E-state index contributed by atoms with van der Waals surface area (Å²) in [5.41, 5.74) is 6.23. The number of amides is 1. The van der Waals surface area contributed by atoms with Gasteiger partial charge < -0.3 is 20.5 Å². The number of halogens is 1. The summed E-state index contributed by atoms with van der Waals surface area (Å²) in [6.07, 6.45) is 1.06. The molecule has 1 aliphatic heterocycles. The Balaban J connectivity index is 2.07. The molecule has 1 amide bonds. The molecule has 6 heteroatoms. The summed E-state index contributed by atoms with van der Waals surface area (Å²) >= 11 is 6.20. The smallest absolute Gasteiger partial charge is 0.224 e. The van der Waals surface area contributed by atoms with Gasteiger partial charge in [0.2, 0.25) is 5.91 Å². The average Bonchev–Trinajstić information content (AvgIpc) is 2.46. The summed E-state index contributed by atoms with van der Waals surface area (Å²) in [7, 11) is 0. The lowest BCUT2D eigenvalue weighted by atomic mass is 9.90. The van der Waals surface area contributed by atoms with Gasteiger partial charge in [-0.15, -0.1) is 0 Å². The molecule has 0 saturated heterocycles. The third kappa shape index (κ3) is 4.75. The zero-order valence-corrected chi connectivity index (χ0v) is 14.7. The quantitative estimate of drug-likeness (QED) is 0.834. The van der Waals surface area contributed by atoms with Crippen LogP contribution in [0.1, 0.15) is 32.8 Å². The highest BCUT2D eigenvalue weighted by molar-refractivity contribution is 6.32. The van der Waals surface area contributed by atoms with Gasteiger partial charge in [-0.2, -0.15) is 0 Å². The van der Waals surface area contributed by atoms with Crippen molar-refractivity contribution in [2.45, 2.75) is 39.2 Å². The van der Waals surface area contributed by atoms with E-state index in [0.29, 0.717) is 42.2 Å². The lowest BCUT2D eigenvalue weighted by molar-refractivity contribution is -0.122. The Morgan fingerprint density at radius 1 is 1.39 bits per heavy atom. The Bertz CT molecular complexity index is 577.